The molecule has 0 aliphatic heterocycles. The van der Waals surface area contributed by atoms with E-state index in [-0.39, 0.29) is 0 Å². The van der Waals surface area contributed by atoms with E-state index >= 15 is 0 Å². The topological polar surface area (TPSA) is 69.2 Å². The highest BCUT2D eigenvalue weighted by molar-refractivity contribution is 5.54. The minimum absolute atomic E-state index is 0.539. The molecular weight excluding hydrogens is 266 g/mol. The van der Waals surface area contributed by atoms with Crippen LogP contribution in [0.2, 0.25) is 0 Å². The van der Waals surface area contributed by atoms with Crippen LogP contribution in [0.25, 0.3) is 0 Å². The summed E-state index contributed by atoms with van der Waals surface area (Å²) in [6.07, 6.45) is 6.36. The predicted molar refractivity (Wildman–Crippen MR) is 82.2 cm³/mol. The second-order valence-electron chi connectivity index (χ2n) is 5.70. The number of ether oxygens (including phenoxy) is 1. The first-order chi connectivity index (χ1) is 10.1. The molecule has 1 aliphatic rings. The summed E-state index contributed by atoms with van der Waals surface area (Å²) in [7, 11) is 3.91. The number of hydrogen-bond donors (Lipinski definition) is 1. The summed E-state index contributed by atoms with van der Waals surface area (Å²) >= 11 is 0. The summed E-state index contributed by atoms with van der Waals surface area (Å²) in [5, 5.41) is 4.18. The Balaban J connectivity index is 1.69. The largest absolute Gasteiger partial charge is 0.476 e. The van der Waals surface area contributed by atoms with Crippen LogP contribution in [0.4, 0.5) is 11.5 Å². The van der Waals surface area contributed by atoms with Crippen molar-refractivity contribution in [3.05, 3.63) is 30.1 Å². The monoisotopic (exact) mass is 287 g/mol. The Bertz CT molecular complexity index is 620. The van der Waals surface area contributed by atoms with Gasteiger partial charge >= 0.3 is 0 Å². The maximum absolute atomic E-state index is 5.93. The zero-order chi connectivity index (χ0) is 14.8. The van der Waals surface area contributed by atoms with Crippen molar-refractivity contribution in [2.24, 2.45) is 13.0 Å². The molecule has 1 saturated carbocycles. The van der Waals surface area contributed by atoms with E-state index in [1.807, 2.05) is 38.6 Å². The van der Waals surface area contributed by atoms with Crippen molar-refractivity contribution < 1.29 is 4.74 Å². The molecule has 0 atom stereocenters. The quantitative estimate of drug-likeness (QED) is 0.877. The minimum atomic E-state index is 0.539. The predicted octanol–water partition coefficient (Wildman–Crippen LogP) is 1.82. The normalized spacial score (nSPS) is 14.2. The van der Waals surface area contributed by atoms with Crippen molar-refractivity contribution in [1.82, 2.24) is 14.8 Å². The fourth-order valence-electron chi connectivity index (χ4n) is 2.16. The van der Waals surface area contributed by atoms with E-state index in [0.717, 1.165) is 17.9 Å². The Morgan fingerprint density at radius 3 is 2.90 bits per heavy atom. The van der Waals surface area contributed by atoms with Crippen molar-refractivity contribution in [3.8, 4) is 5.88 Å². The van der Waals surface area contributed by atoms with Gasteiger partial charge in [0.05, 0.1) is 18.5 Å². The van der Waals surface area contributed by atoms with Crippen molar-refractivity contribution in [1.29, 1.82) is 0 Å². The summed E-state index contributed by atoms with van der Waals surface area (Å²) in [6.45, 7) is 1.46. The van der Waals surface area contributed by atoms with Gasteiger partial charge in [-0.2, -0.15) is 10.1 Å². The first-order valence-corrected chi connectivity index (χ1v) is 7.20. The maximum Gasteiger partial charge on any atom is 0.239 e. The van der Waals surface area contributed by atoms with Crippen molar-refractivity contribution in [2.45, 2.75) is 19.4 Å². The van der Waals surface area contributed by atoms with Crippen LogP contribution < -0.4 is 15.4 Å². The summed E-state index contributed by atoms with van der Waals surface area (Å²) in [6, 6.07) is 3.76. The third-order valence-corrected chi connectivity index (χ3v) is 3.60. The number of nitrogen functional groups attached to an aromatic ring is 1. The van der Waals surface area contributed by atoms with Crippen LogP contribution in [0, 0.1) is 5.92 Å². The second-order valence-corrected chi connectivity index (χ2v) is 5.70. The SMILES string of the molecule is CN(Cc1cnn(C)c1)c1ccc(N)c(OCC2CC2)n1. The van der Waals surface area contributed by atoms with Crippen molar-refractivity contribution in [3.63, 3.8) is 0 Å². The number of pyridine rings is 1. The molecular formula is C15H21N5O. The van der Waals surface area contributed by atoms with E-state index in [9.17, 15) is 0 Å². The molecule has 0 amide bonds. The van der Waals surface area contributed by atoms with Gasteiger partial charge in [0.15, 0.2) is 0 Å². The van der Waals surface area contributed by atoms with Gasteiger partial charge in [0, 0.05) is 32.4 Å². The van der Waals surface area contributed by atoms with Crippen LogP contribution in [0.5, 0.6) is 5.88 Å². The third kappa shape index (κ3) is 3.45. The highest BCUT2D eigenvalue weighted by Gasteiger charge is 2.22. The van der Waals surface area contributed by atoms with Gasteiger partial charge in [-0.25, -0.2) is 0 Å². The van der Waals surface area contributed by atoms with Crippen molar-refractivity contribution >= 4 is 11.5 Å². The van der Waals surface area contributed by atoms with E-state index in [4.69, 9.17) is 10.5 Å². The van der Waals surface area contributed by atoms with E-state index in [1.165, 1.54) is 12.8 Å². The molecule has 1 fully saturated rings. The highest BCUT2D eigenvalue weighted by Crippen LogP contribution is 2.31. The average molecular weight is 287 g/mol. The smallest absolute Gasteiger partial charge is 0.239 e. The Morgan fingerprint density at radius 2 is 2.24 bits per heavy atom. The Labute approximate surface area is 124 Å². The molecule has 2 aromatic rings. The molecule has 6 heteroatoms. The van der Waals surface area contributed by atoms with Gasteiger partial charge in [0.2, 0.25) is 5.88 Å². The summed E-state index contributed by atoms with van der Waals surface area (Å²) in [4.78, 5) is 6.58. The molecule has 112 valence electrons. The molecule has 0 saturated heterocycles. The van der Waals surface area contributed by atoms with Crippen LogP contribution >= 0.6 is 0 Å². The van der Waals surface area contributed by atoms with Crippen LogP contribution in [-0.2, 0) is 13.6 Å². The molecule has 2 N–H and O–H groups in total. The summed E-state index contributed by atoms with van der Waals surface area (Å²) in [5.41, 5.74) is 7.66. The van der Waals surface area contributed by atoms with Gasteiger partial charge in [-0.1, -0.05) is 0 Å². The van der Waals surface area contributed by atoms with Gasteiger partial charge < -0.3 is 15.4 Å². The van der Waals surface area contributed by atoms with Gasteiger partial charge in [0.1, 0.15) is 5.82 Å². The number of anilines is 2. The Hall–Kier alpha value is -2.24. The zero-order valence-corrected chi connectivity index (χ0v) is 12.5. The van der Waals surface area contributed by atoms with Gasteiger partial charge in [-0.05, 0) is 30.9 Å². The van der Waals surface area contributed by atoms with Crippen LogP contribution in [0.15, 0.2) is 24.5 Å². The lowest BCUT2D eigenvalue weighted by molar-refractivity contribution is 0.290. The van der Waals surface area contributed by atoms with Crippen LogP contribution in [0.1, 0.15) is 18.4 Å². The molecule has 1 aliphatic carbocycles. The molecule has 6 nitrogen and oxygen atoms in total. The van der Waals surface area contributed by atoms with E-state index in [0.29, 0.717) is 24.1 Å². The second kappa shape index (κ2) is 5.63. The lowest BCUT2D eigenvalue weighted by Crippen LogP contribution is -2.18. The maximum atomic E-state index is 5.93. The number of aryl methyl sites for hydroxylation is 1. The van der Waals surface area contributed by atoms with Crippen molar-refractivity contribution in [2.75, 3.05) is 24.3 Å². The highest BCUT2D eigenvalue weighted by atomic mass is 16.5. The number of aromatic nitrogens is 3. The molecule has 0 radical (unpaired) electrons. The Kier molecular flexibility index (Phi) is 3.68. The van der Waals surface area contributed by atoms with E-state index < -0.39 is 0 Å². The minimum Gasteiger partial charge on any atom is -0.476 e. The molecule has 0 unspecified atom stereocenters. The molecule has 3 rings (SSSR count). The van der Waals surface area contributed by atoms with Gasteiger partial charge in [-0.15, -0.1) is 0 Å². The standard InChI is InChI=1S/C15H21N5O/c1-19(8-12-7-17-20(2)9-12)14-6-5-13(16)15(18-14)21-10-11-3-4-11/h5-7,9,11H,3-4,8,10,16H2,1-2H3. The summed E-state index contributed by atoms with van der Waals surface area (Å²) in [5.74, 6) is 2.07. The lowest BCUT2D eigenvalue weighted by Gasteiger charge is -2.18. The third-order valence-electron chi connectivity index (χ3n) is 3.60. The molecule has 0 aromatic carbocycles. The summed E-state index contributed by atoms with van der Waals surface area (Å²) < 4.78 is 7.52. The molecule has 2 heterocycles. The van der Waals surface area contributed by atoms with Gasteiger partial charge in [-0.3, -0.25) is 4.68 Å². The molecule has 21 heavy (non-hydrogen) atoms. The fraction of sp³-hybridized carbons (Fsp3) is 0.467. The van der Waals surface area contributed by atoms with E-state index in [2.05, 4.69) is 15.0 Å². The zero-order valence-electron chi connectivity index (χ0n) is 12.5. The van der Waals surface area contributed by atoms with Crippen LogP contribution in [0.3, 0.4) is 0 Å². The number of rotatable bonds is 6. The number of nitrogens with two attached hydrogens (primary N) is 1. The fourth-order valence-corrected chi connectivity index (χ4v) is 2.16. The molecule has 0 spiro atoms. The lowest BCUT2D eigenvalue weighted by atomic mass is 10.3. The molecule has 2 aromatic heterocycles. The van der Waals surface area contributed by atoms with E-state index in [1.54, 1.807) is 4.68 Å². The number of nitrogens with zero attached hydrogens (tertiary/aromatic N) is 4. The van der Waals surface area contributed by atoms with Gasteiger partial charge in [0.25, 0.3) is 0 Å². The first-order valence-electron chi connectivity index (χ1n) is 7.20. The Morgan fingerprint density at radius 1 is 1.43 bits per heavy atom. The first kappa shape index (κ1) is 13.7. The number of hydrogen-bond acceptors (Lipinski definition) is 5. The molecule has 0 bridgehead atoms. The average Bonchev–Trinajstić information content (AvgIpc) is 3.20. The van der Waals surface area contributed by atoms with Crippen LogP contribution in [-0.4, -0.2) is 28.4 Å².